The van der Waals surface area contributed by atoms with Gasteiger partial charge in [-0.05, 0) is 30.2 Å². The zero-order chi connectivity index (χ0) is 15.6. The lowest BCUT2D eigenvalue weighted by Crippen LogP contribution is -2.26. The first-order chi connectivity index (χ1) is 9.82. The first-order valence-electron chi connectivity index (χ1n) is 6.16. The number of carbonyl (C=O) groups is 1. The molecule has 5 nitrogen and oxygen atoms in total. The first kappa shape index (κ1) is 15.7. The summed E-state index contributed by atoms with van der Waals surface area (Å²) in [7, 11) is -2.19. The number of hydrogen-bond donors (Lipinski definition) is 1. The Balaban J connectivity index is 2.26. The van der Waals surface area contributed by atoms with Gasteiger partial charge in [0.15, 0.2) is 0 Å². The van der Waals surface area contributed by atoms with Crippen LogP contribution in [0.4, 0.5) is 0 Å². The van der Waals surface area contributed by atoms with Gasteiger partial charge in [0.1, 0.15) is 9.09 Å². The molecule has 0 bridgehead atoms. The number of carboxylic acids is 1. The van der Waals surface area contributed by atoms with Gasteiger partial charge in [-0.1, -0.05) is 24.3 Å². The predicted octanol–water partition coefficient (Wildman–Crippen LogP) is 2.58. The molecule has 7 heteroatoms. The maximum atomic E-state index is 12.4. The van der Waals surface area contributed by atoms with Gasteiger partial charge >= 0.3 is 5.97 Å². The number of aromatic carboxylic acids is 1. The van der Waals surface area contributed by atoms with Crippen LogP contribution in [0.1, 0.15) is 20.8 Å². The maximum Gasteiger partial charge on any atom is 0.345 e. The summed E-state index contributed by atoms with van der Waals surface area (Å²) in [5.41, 5.74) is 1.93. The molecule has 0 radical (unpaired) electrons. The van der Waals surface area contributed by atoms with E-state index in [2.05, 4.69) is 0 Å². The van der Waals surface area contributed by atoms with E-state index in [0.29, 0.717) is 0 Å². The van der Waals surface area contributed by atoms with Crippen LogP contribution in [0.25, 0.3) is 0 Å². The van der Waals surface area contributed by atoms with Gasteiger partial charge in [-0.25, -0.2) is 13.2 Å². The fourth-order valence-corrected chi connectivity index (χ4v) is 4.34. The predicted molar refractivity (Wildman–Crippen MR) is 81.1 cm³/mol. The van der Waals surface area contributed by atoms with Gasteiger partial charge in [0.05, 0.1) is 0 Å². The quantitative estimate of drug-likeness (QED) is 0.917. The third kappa shape index (κ3) is 3.31. The highest BCUT2D eigenvalue weighted by Gasteiger charge is 2.24. The molecule has 0 aliphatic rings. The van der Waals surface area contributed by atoms with E-state index in [-0.39, 0.29) is 15.6 Å². The molecule has 112 valence electrons. The summed E-state index contributed by atoms with van der Waals surface area (Å²) < 4.78 is 26.1. The Kier molecular flexibility index (Phi) is 4.46. The smallest absolute Gasteiger partial charge is 0.345 e. The molecular weight excluding hydrogens is 310 g/mol. The van der Waals surface area contributed by atoms with Gasteiger partial charge in [0.25, 0.3) is 10.0 Å². The number of rotatable bonds is 5. The fourth-order valence-electron chi connectivity index (χ4n) is 1.84. The average Bonchev–Trinajstić information content (AvgIpc) is 2.91. The Hall–Kier alpha value is -1.70. The zero-order valence-electron chi connectivity index (χ0n) is 11.6. The van der Waals surface area contributed by atoms with Crippen molar-refractivity contribution in [3.8, 4) is 0 Å². The molecule has 0 saturated heterocycles. The van der Waals surface area contributed by atoms with E-state index >= 15 is 0 Å². The zero-order valence-corrected chi connectivity index (χ0v) is 13.2. The third-order valence-electron chi connectivity index (χ3n) is 3.11. The fraction of sp³-hybridized carbons (Fsp3) is 0.214. The van der Waals surface area contributed by atoms with Crippen molar-refractivity contribution in [2.24, 2.45) is 0 Å². The van der Waals surface area contributed by atoms with E-state index in [0.717, 1.165) is 22.5 Å². The number of thiophene rings is 1. The van der Waals surface area contributed by atoms with Crippen LogP contribution in [-0.4, -0.2) is 30.8 Å². The van der Waals surface area contributed by atoms with Crippen LogP contribution in [0.3, 0.4) is 0 Å². The van der Waals surface area contributed by atoms with Crippen LogP contribution >= 0.6 is 11.3 Å². The standard InChI is InChI=1S/C14H15NO4S2/c1-10-5-3-4-6-11(10)9-15(2)21(18,19)13-8-7-12(20-13)14(16)17/h3-8H,9H2,1-2H3,(H,16,17). The number of nitrogens with zero attached hydrogens (tertiary/aromatic N) is 1. The third-order valence-corrected chi connectivity index (χ3v) is 6.45. The van der Waals surface area contributed by atoms with Gasteiger partial charge < -0.3 is 5.11 Å². The topological polar surface area (TPSA) is 74.7 Å². The minimum atomic E-state index is -3.68. The van der Waals surface area contributed by atoms with Crippen molar-refractivity contribution in [1.82, 2.24) is 4.31 Å². The van der Waals surface area contributed by atoms with Crippen LogP contribution in [-0.2, 0) is 16.6 Å². The van der Waals surface area contributed by atoms with E-state index in [9.17, 15) is 13.2 Å². The highest BCUT2D eigenvalue weighted by atomic mass is 32.2. The van der Waals surface area contributed by atoms with Crippen LogP contribution in [0.2, 0.25) is 0 Å². The number of carboxylic acid groups (broad SMARTS) is 1. The summed E-state index contributed by atoms with van der Waals surface area (Å²) in [6.45, 7) is 2.17. The molecule has 0 aliphatic carbocycles. The van der Waals surface area contributed by atoms with Gasteiger partial charge in [0.2, 0.25) is 0 Å². The molecule has 1 aromatic heterocycles. The summed E-state index contributed by atoms with van der Waals surface area (Å²) in [5, 5.41) is 8.88. The second-order valence-electron chi connectivity index (χ2n) is 4.61. The van der Waals surface area contributed by atoms with Gasteiger partial charge in [-0.15, -0.1) is 11.3 Å². The van der Waals surface area contributed by atoms with E-state index < -0.39 is 16.0 Å². The van der Waals surface area contributed by atoms with E-state index in [4.69, 9.17) is 5.11 Å². The molecule has 2 rings (SSSR count). The lowest BCUT2D eigenvalue weighted by atomic mass is 10.1. The van der Waals surface area contributed by atoms with Crippen molar-refractivity contribution in [1.29, 1.82) is 0 Å². The van der Waals surface area contributed by atoms with E-state index in [1.54, 1.807) is 0 Å². The molecule has 1 aromatic carbocycles. The number of hydrogen-bond acceptors (Lipinski definition) is 4. The summed E-state index contributed by atoms with van der Waals surface area (Å²) in [6.07, 6.45) is 0. The van der Waals surface area contributed by atoms with Crippen molar-refractivity contribution in [3.05, 3.63) is 52.4 Å². The van der Waals surface area contributed by atoms with Gasteiger partial charge in [-0.3, -0.25) is 0 Å². The Bertz CT molecular complexity index is 765. The summed E-state index contributed by atoms with van der Waals surface area (Å²) in [5.74, 6) is -1.12. The summed E-state index contributed by atoms with van der Waals surface area (Å²) >= 11 is 0.762. The Morgan fingerprint density at radius 2 is 1.90 bits per heavy atom. The van der Waals surface area contributed by atoms with Crippen molar-refractivity contribution in [2.45, 2.75) is 17.7 Å². The minimum Gasteiger partial charge on any atom is -0.477 e. The molecule has 0 amide bonds. The molecule has 21 heavy (non-hydrogen) atoms. The molecule has 0 spiro atoms. The van der Waals surface area contributed by atoms with Gasteiger partial charge in [-0.2, -0.15) is 4.31 Å². The Labute approximate surface area is 127 Å². The van der Waals surface area contributed by atoms with E-state index in [1.165, 1.54) is 23.5 Å². The highest BCUT2D eigenvalue weighted by Crippen LogP contribution is 2.25. The van der Waals surface area contributed by atoms with Crippen LogP contribution < -0.4 is 0 Å². The Morgan fingerprint density at radius 1 is 1.24 bits per heavy atom. The molecular formula is C14H15NO4S2. The SMILES string of the molecule is Cc1ccccc1CN(C)S(=O)(=O)c1ccc(C(=O)O)s1. The van der Waals surface area contributed by atoms with Crippen LogP contribution in [0.15, 0.2) is 40.6 Å². The van der Waals surface area contributed by atoms with Crippen molar-refractivity contribution in [3.63, 3.8) is 0 Å². The van der Waals surface area contributed by atoms with Crippen molar-refractivity contribution >= 4 is 27.3 Å². The highest BCUT2D eigenvalue weighted by molar-refractivity contribution is 7.91. The summed E-state index contributed by atoms with van der Waals surface area (Å²) in [6, 6.07) is 10.2. The number of benzene rings is 1. The summed E-state index contributed by atoms with van der Waals surface area (Å²) in [4.78, 5) is 10.9. The average molecular weight is 325 g/mol. The van der Waals surface area contributed by atoms with Crippen LogP contribution in [0.5, 0.6) is 0 Å². The lowest BCUT2D eigenvalue weighted by molar-refractivity contribution is 0.0702. The first-order valence-corrected chi connectivity index (χ1v) is 8.42. The van der Waals surface area contributed by atoms with E-state index in [1.807, 2.05) is 31.2 Å². The normalized spacial score (nSPS) is 11.8. The van der Waals surface area contributed by atoms with Gasteiger partial charge in [0, 0.05) is 13.6 Å². The molecule has 0 aliphatic heterocycles. The second-order valence-corrected chi connectivity index (χ2v) is 7.97. The molecule has 2 aromatic rings. The monoisotopic (exact) mass is 325 g/mol. The second kappa shape index (κ2) is 5.97. The molecule has 1 heterocycles. The molecule has 0 saturated carbocycles. The Morgan fingerprint density at radius 3 is 2.48 bits per heavy atom. The molecule has 0 fully saturated rings. The van der Waals surface area contributed by atoms with Crippen molar-refractivity contribution in [2.75, 3.05) is 7.05 Å². The van der Waals surface area contributed by atoms with Crippen molar-refractivity contribution < 1.29 is 18.3 Å². The maximum absolute atomic E-state index is 12.4. The minimum absolute atomic E-state index is 0.0119. The number of aryl methyl sites for hydroxylation is 1. The molecule has 1 N–H and O–H groups in total. The molecule has 0 unspecified atom stereocenters. The number of sulfonamides is 1. The lowest BCUT2D eigenvalue weighted by Gasteiger charge is -2.17. The van der Waals surface area contributed by atoms with Crippen LogP contribution in [0, 0.1) is 6.92 Å². The molecule has 0 atom stereocenters. The largest absolute Gasteiger partial charge is 0.477 e.